The number of hydrogen-bond donors (Lipinski definition) is 1. The van der Waals surface area contributed by atoms with Gasteiger partial charge < -0.3 is 5.11 Å². The van der Waals surface area contributed by atoms with Gasteiger partial charge in [-0.15, -0.1) is 0 Å². The van der Waals surface area contributed by atoms with E-state index in [4.69, 9.17) is 0 Å². The summed E-state index contributed by atoms with van der Waals surface area (Å²) in [6, 6.07) is 0. The Morgan fingerprint density at radius 1 is 1.28 bits per heavy atom. The molecular formula is C11H22N2O4S. The Labute approximate surface area is 109 Å². The largest absolute Gasteiger partial charge is 0.480 e. The first kappa shape index (κ1) is 15.4. The van der Waals surface area contributed by atoms with E-state index in [0.29, 0.717) is 13.1 Å². The summed E-state index contributed by atoms with van der Waals surface area (Å²) in [5.74, 6) is -1.13. The summed E-state index contributed by atoms with van der Waals surface area (Å²) in [5.41, 5.74) is -1.43. The molecule has 7 heteroatoms. The first-order chi connectivity index (χ1) is 8.24. The fraction of sp³-hybridized carbons (Fsp3) is 0.909. The van der Waals surface area contributed by atoms with Crippen molar-refractivity contribution in [1.82, 2.24) is 8.61 Å². The Balaban J connectivity index is 3.03. The van der Waals surface area contributed by atoms with Crippen molar-refractivity contribution in [1.29, 1.82) is 0 Å². The second kappa shape index (κ2) is 5.54. The van der Waals surface area contributed by atoms with Crippen LogP contribution >= 0.6 is 0 Å². The lowest BCUT2D eigenvalue weighted by molar-refractivity contribution is -0.146. The lowest BCUT2D eigenvalue weighted by atomic mass is 10.1. The van der Waals surface area contributed by atoms with Gasteiger partial charge in [-0.1, -0.05) is 13.3 Å². The molecule has 1 aliphatic heterocycles. The number of carboxylic acid groups (broad SMARTS) is 1. The third-order valence-corrected chi connectivity index (χ3v) is 5.64. The molecule has 0 aromatic carbocycles. The highest BCUT2D eigenvalue weighted by molar-refractivity contribution is 7.86. The lowest BCUT2D eigenvalue weighted by Crippen LogP contribution is -2.57. The van der Waals surface area contributed by atoms with Crippen molar-refractivity contribution in [2.45, 2.75) is 45.6 Å². The van der Waals surface area contributed by atoms with Crippen molar-refractivity contribution in [2.24, 2.45) is 0 Å². The maximum Gasteiger partial charge on any atom is 0.324 e. The number of carboxylic acids is 1. The zero-order valence-corrected chi connectivity index (χ0v) is 12.0. The van der Waals surface area contributed by atoms with Crippen molar-refractivity contribution in [3.05, 3.63) is 0 Å². The van der Waals surface area contributed by atoms with Crippen LogP contribution in [0.4, 0.5) is 0 Å². The molecule has 1 heterocycles. The maximum atomic E-state index is 12.5. The molecule has 0 aromatic heterocycles. The van der Waals surface area contributed by atoms with Gasteiger partial charge in [0.15, 0.2) is 0 Å². The molecule has 0 saturated carbocycles. The van der Waals surface area contributed by atoms with Crippen LogP contribution in [0.3, 0.4) is 0 Å². The third-order valence-electron chi connectivity index (χ3n) is 3.35. The van der Waals surface area contributed by atoms with Gasteiger partial charge in [0.1, 0.15) is 5.54 Å². The van der Waals surface area contributed by atoms with E-state index in [0.717, 1.165) is 23.6 Å². The van der Waals surface area contributed by atoms with E-state index in [9.17, 15) is 18.3 Å². The Morgan fingerprint density at radius 3 is 2.17 bits per heavy atom. The highest BCUT2D eigenvalue weighted by Crippen LogP contribution is 2.24. The van der Waals surface area contributed by atoms with Gasteiger partial charge in [0.05, 0.1) is 0 Å². The highest BCUT2D eigenvalue weighted by atomic mass is 32.2. The monoisotopic (exact) mass is 278 g/mol. The van der Waals surface area contributed by atoms with Crippen molar-refractivity contribution in [3.8, 4) is 0 Å². The predicted molar refractivity (Wildman–Crippen MR) is 68.4 cm³/mol. The van der Waals surface area contributed by atoms with E-state index in [1.165, 1.54) is 18.2 Å². The molecule has 1 aliphatic rings. The molecule has 0 aliphatic carbocycles. The van der Waals surface area contributed by atoms with E-state index < -0.39 is 21.7 Å². The maximum absolute atomic E-state index is 12.5. The van der Waals surface area contributed by atoms with Crippen molar-refractivity contribution < 1.29 is 18.3 Å². The number of likely N-dealkylation sites (N-methyl/N-ethyl adjacent to an activating group) is 1. The second-order valence-electron chi connectivity index (χ2n) is 5.00. The summed E-state index contributed by atoms with van der Waals surface area (Å²) in [4.78, 5) is 11.2. The standard InChI is InChI=1S/C11H22N2O4S/c1-4-13(11(2,3)10(14)15)18(16,17)12-8-6-5-7-9-12/h4-9H2,1-3H3,(H,14,15). The molecule has 0 radical (unpaired) electrons. The number of nitrogens with zero attached hydrogens (tertiary/aromatic N) is 2. The van der Waals surface area contributed by atoms with Gasteiger partial charge in [-0.3, -0.25) is 4.79 Å². The SMILES string of the molecule is CCN(C(C)(C)C(=O)O)S(=O)(=O)N1CCCCC1. The van der Waals surface area contributed by atoms with Crippen molar-refractivity contribution in [2.75, 3.05) is 19.6 Å². The van der Waals surface area contributed by atoms with Crippen LogP contribution in [0.25, 0.3) is 0 Å². The molecule has 0 spiro atoms. The average Bonchev–Trinajstić information content (AvgIpc) is 2.30. The normalized spacial score (nSPS) is 19.1. The minimum absolute atomic E-state index is 0.151. The average molecular weight is 278 g/mol. The molecule has 18 heavy (non-hydrogen) atoms. The van der Waals surface area contributed by atoms with E-state index in [-0.39, 0.29) is 6.54 Å². The van der Waals surface area contributed by atoms with E-state index >= 15 is 0 Å². The fourth-order valence-electron chi connectivity index (χ4n) is 2.19. The first-order valence-corrected chi connectivity index (χ1v) is 7.65. The molecule has 1 saturated heterocycles. The number of rotatable bonds is 5. The second-order valence-corrected chi connectivity index (χ2v) is 6.85. The zero-order chi connectivity index (χ0) is 14.0. The van der Waals surface area contributed by atoms with Gasteiger partial charge in [0.25, 0.3) is 10.2 Å². The Bertz CT molecular complexity index is 399. The molecule has 106 valence electrons. The van der Waals surface area contributed by atoms with Gasteiger partial charge in [-0.05, 0) is 26.7 Å². The molecule has 1 N–H and O–H groups in total. The van der Waals surface area contributed by atoms with Crippen LogP contribution in [-0.2, 0) is 15.0 Å². The van der Waals surface area contributed by atoms with Gasteiger partial charge in [0.2, 0.25) is 0 Å². The van der Waals surface area contributed by atoms with E-state index in [1.54, 1.807) is 6.92 Å². The summed E-state index contributed by atoms with van der Waals surface area (Å²) in [6.07, 6.45) is 2.70. The van der Waals surface area contributed by atoms with Crippen LogP contribution in [0.15, 0.2) is 0 Å². The van der Waals surface area contributed by atoms with Crippen LogP contribution in [0.2, 0.25) is 0 Å². The number of hydrogen-bond acceptors (Lipinski definition) is 3. The van der Waals surface area contributed by atoms with Gasteiger partial charge in [0, 0.05) is 19.6 Å². The molecule has 1 rings (SSSR count). The molecule has 0 unspecified atom stereocenters. The zero-order valence-electron chi connectivity index (χ0n) is 11.2. The van der Waals surface area contributed by atoms with Crippen molar-refractivity contribution in [3.63, 3.8) is 0 Å². The molecule has 0 atom stereocenters. The predicted octanol–water partition coefficient (Wildman–Crippen LogP) is 0.902. The van der Waals surface area contributed by atoms with Gasteiger partial charge in [-0.25, -0.2) is 0 Å². The Kier molecular flexibility index (Phi) is 4.74. The summed E-state index contributed by atoms with van der Waals surface area (Å²) >= 11 is 0. The highest BCUT2D eigenvalue weighted by Gasteiger charge is 2.43. The minimum Gasteiger partial charge on any atom is -0.480 e. The minimum atomic E-state index is -3.69. The molecule has 0 amide bonds. The van der Waals surface area contributed by atoms with E-state index in [2.05, 4.69) is 0 Å². The molecule has 1 fully saturated rings. The van der Waals surface area contributed by atoms with E-state index in [1.807, 2.05) is 0 Å². The van der Waals surface area contributed by atoms with Crippen LogP contribution in [0.1, 0.15) is 40.0 Å². The fourth-order valence-corrected chi connectivity index (χ4v) is 4.17. The Hall–Kier alpha value is -0.660. The quantitative estimate of drug-likeness (QED) is 0.810. The molecule has 0 bridgehead atoms. The first-order valence-electron chi connectivity index (χ1n) is 6.26. The number of piperidine rings is 1. The summed E-state index contributed by atoms with van der Waals surface area (Å²) in [7, 11) is -3.69. The van der Waals surface area contributed by atoms with Crippen molar-refractivity contribution >= 4 is 16.2 Å². The summed E-state index contributed by atoms with van der Waals surface area (Å²) in [5, 5.41) is 9.18. The lowest BCUT2D eigenvalue weighted by Gasteiger charge is -2.38. The molecular weight excluding hydrogens is 256 g/mol. The van der Waals surface area contributed by atoms with Crippen LogP contribution < -0.4 is 0 Å². The number of carbonyl (C=O) groups is 1. The van der Waals surface area contributed by atoms with Crippen LogP contribution in [0, 0.1) is 0 Å². The van der Waals surface area contributed by atoms with Gasteiger partial charge in [-0.2, -0.15) is 17.0 Å². The number of aliphatic carboxylic acids is 1. The summed E-state index contributed by atoms with van der Waals surface area (Å²) in [6.45, 7) is 5.61. The van der Waals surface area contributed by atoms with Crippen LogP contribution in [-0.4, -0.2) is 53.3 Å². The Morgan fingerprint density at radius 2 is 1.78 bits per heavy atom. The molecule has 0 aromatic rings. The third kappa shape index (κ3) is 2.84. The summed E-state index contributed by atoms with van der Waals surface area (Å²) < 4.78 is 27.4. The van der Waals surface area contributed by atoms with Crippen LogP contribution in [0.5, 0.6) is 0 Å². The van der Waals surface area contributed by atoms with Gasteiger partial charge >= 0.3 is 5.97 Å². The smallest absolute Gasteiger partial charge is 0.324 e. The molecule has 6 nitrogen and oxygen atoms in total. The topological polar surface area (TPSA) is 77.9 Å².